The van der Waals surface area contributed by atoms with E-state index < -0.39 is 0 Å². The monoisotopic (exact) mass is 231 g/mol. The Labute approximate surface area is 103 Å². The SMILES string of the molecule is CCC(C)c1ccc(C(=O)C2CC(N)C2)cc1. The van der Waals surface area contributed by atoms with E-state index in [1.807, 2.05) is 12.1 Å². The van der Waals surface area contributed by atoms with Gasteiger partial charge in [0.05, 0.1) is 0 Å². The smallest absolute Gasteiger partial charge is 0.166 e. The van der Waals surface area contributed by atoms with Gasteiger partial charge >= 0.3 is 0 Å². The van der Waals surface area contributed by atoms with E-state index in [1.54, 1.807) is 0 Å². The summed E-state index contributed by atoms with van der Waals surface area (Å²) in [6.45, 7) is 4.39. The van der Waals surface area contributed by atoms with Crippen LogP contribution in [0.4, 0.5) is 0 Å². The molecule has 0 amide bonds. The Kier molecular flexibility index (Phi) is 3.63. The van der Waals surface area contributed by atoms with Crippen LogP contribution in [0.5, 0.6) is 0 Å². The zero-order valence-corrected chi connectivity index (χ0v) is 10.6. The second kappa shape index (κ2) is 5.01. The van der Waals surface area contributed by atoms with Crippen LogP contribution < -0.4 is 5.73 Å². The van der Waals surface area contributed by atoms with Crippen LogP contribution in [0.25, 0.3) is 0 Å². The topological polar surface area (TPSA) is 43.1 Å². The highest BCUT2D eigenvalue weighted by atomic mass is 16.1. The fraction of sp³-hybridized carbons (Fsp3) is 0.533. The number of ketones is 1. The molecular formula is C15H21NO. The van der Waals surface area contributed by atoms with Crippen LogP contribution in [-0.4, -0.2) is 11.8 Å². The number of Topliss-reactive ketones (excluding diaryl/α,β-unsaturated/α-hetero) is 1. The quantitative estimate of drug-likeness (QED) is 0.809. The minimum atomic E-state index is 0.166. The van der Waals surface area contributed by atoms with Crippen molar-refractivity contribution in [3.63, 3.8) is 0 Å². The van der Waals surface area contributed by atoms with Crippen LogP contribution >= 0.6 is 0 Å². The molecule has 0 radical (unpaired) electrons. The van der Waals surface area contributed by atoms with Gasteiger partial charge in [-0.3, -0.25) is 4.79 Å². The lowest BCUT2D eigenvalue weighted by molar-refractivity contribution is 0.0832. The molecule has 2 nitrogen and oxygen atoms in total. The van der Waals surface area contributed by atoms with Crippen molar-refractivity contribution in [2.75, 3.05) is 0 Å². The third-order valence-electron chi connectivity index (χ3n) is 3.92. The maximum absolute atomic E-state index is 12.1. The molecule has 0 aliphatic heterocycles. The Morgan fingerprint density at radius 2 is 1.94 bits per heavy atom. The molecule has 2 heteroatoms. The van der Waals surface area contributed by atoms with Gasteiger partial charge in [-0.15, -0.1) is 0 Å². The van der Waals surface area contributed by atoms with E-state index >= 15 is 0 Å². The van der Waals surface area contributed by atoms with Crippen LogP contribution in [-0.2, 0) is 0 Å². The second-order valence-corrected chi connectivity index (χ2v) is 5.22. The van der Waals surface area contributed by atoms with Gasteiger partial charge in [0.25, 0.3) is 0 Å². The fourth-order valence-corrected chi connectivity index (χ4v) is 2.32. The van der Waals surface area contributed by atoms with Gasteiger partial charge in [0.1, 0.15) is 0 Å². The first kappa shape index (κ1) is 12.3. The van der Waals surface area contributed by atoms with E-state index in [-0.39, 0.29) is 17.7 Å². The molecule has 1 atom stereocenters. The van der Waals surface area contributed by atoms with Crippen molar-refractivity contribution in [2.45, 2.75) is 45.1 Å². The van der Waals surface area contributed by atoms with Gasteiger partial charge in [0.15, 0.2) is 5.78 Å². The minimum Gasteiger partial charge on any atom is -0.328 e. The van der Waals surface area contributed by atoms with Crippen molar-refractivity contribution in [1.82, 2.24) is 0 Å². The molecule has 0 bridgehead atoms. The van der Waals surface area contributed by atoms with Crippen LogP contribution in [0.2, 0.25) is 0 Å². The summed E-state index contributed by atoms with van der Waals surface area (Å²) in [6.07, 6.45) is 2.84. The van der Waals surface area contributed by atoms with Crippen molar-refractivity contribution < 1.29 is 4.79 Å². The number of hydrogen-bond donors (Lipinski definition) is 1. The van der Waals surface area contributed by atoms with Crippen LogP contribution in [0, 0.1) is 5.92 Å². The molecule has 0 spiro atoms. The summed E-state index contributed by atoms with van der Waals surface area (Å²) in [5.74, 6) is 0.998. The van der Waals surface area contributed by atoms with Gasteiger partial charge in [-0.1, -0.05) is 38.1 Å². The molecule has 1 aromatic rings. The molecule has 2 rings (SSSR count). The predicted octanol–water partition coefficient (Wildman–Crippen LogP) is 3.12. The van der Waals surface area contributed by atoms with E-state index in [4.69, 9.17) is 5.73 Å². The maximum Gasteiger partial charge on any atom is 0.166 e. The molecule has 92 valence electrons. The Morgan fingerprint density at radius 1 is 1.35 bits per heavy atom. The highest BCUT2D eigenvalue weighted by Gasteiger charge is 2.32. The lowest BCUT2D eigenvalue weighted by atomic mass is 9.76. The summed E-state index contributed by atoms with van der Waals surface area (Å²) in [7, 11) is 0. The summed E-state index contributed by atoms with van der Waals surface area (Å²) in [5.41, 5.74) is 7.87. The highest BCUT2D eigenvalue weighted by molar-refractivity contribution is 5.98. The van der Waals surface area contributed by atoms with Gasteiger partial charge in [-0.2, -0.15) is 0 Å². The molecule has 1 aliphatic rings. The summed E-state index contributed by atoms with van der Waals surface area (Å²) in [6, 6.07) is 8.34. The van der Waals surface area contributed by atoms with Crippen molar-refractivity contribution in [1.29, 1.82) is 0 Å². The lowest BCUT2D eigenvalue weighted by Gasteiger charge is -2.31. The number of rotatable bonds is 4. The zero-order valence-electron chi connectivity index (χ0n) is 10.6. The molecule has 17 heavy (non-hydrogen) atoms. The van der Waals surface area contributed by atoms with Crippen molar-refractivity contribution in [3.8, 4) is 0 Å². The van der Waals surface area contributed by atoms with Crippen LogP contribution in [0.15, 0.2) is 24.3 Å². The third-order valence-corrected chi connectivity index (χ3v) is 3.92. The fourth-order valence-electron chi connectivity index (χ4n) is 2.32. The van der Waals surface area contributed by atoms with Crippen molar-refractivity contribution in [3.05, 3.63) is 35.4 Å². The Hall–Kier alpha value is -1.15. The Bertz CT molecular complexity index is 390. The van der Waals surface area contributed by atoms with Crippen LogP contribution in [0.1, 0.15) is 54.9 Å². The first-order valence-electron chi connectivity index (χ1n) is 6.51. The summed E-state index contributed by atoms with van der Waals surface area (Å²) in [5, 5.41) is 0. The molecule has 1 aromatic carbocycles. The molecular weight excluding hydrogens is 210 g/mol. The minimum absolute atomic E-state index is 0.166. The molecule has 1 saturated carbocycles. The highest BCUT2D eigenvalue weighted by Crippen LogP contribution is 2.29. The molecule has 2 N–H and O–H groups in total. The van der Waals surface area contributed by atoms with E-state index in [0.717, 1.165) is 24.8 Å². The van der Waals surface area contributed by atoms with Gasteiger partial charge in [0, 0.05) is 17.5 Å². The molecule has 1 unspecified atom stereocenters. The standard InChI is InChI=1S/C15H21NO/c1-3-10(2)11-4-6-12(7-5-11)15(17)13-8-14(16)9-13/h4-7,10,13-14H,3,8-9,16H2,1-2H3. The average molecular weight is 231 g/mol. The first-order valence-corrected chi connectivity index (χ1v) is 6.51. The summed E-state index contributed by atoms with van der Waals surface area (Å²) >= 11 is 0. The number of benzene rings is 1. The van der Waals surface area contributed by atoms with E-state index in [1.165, 1.54) is 5.56 Å². The average Bonchev–Trinajstić information content (AvgIpc) is 2.33. The number of carbonyl (C=O) groups excluding carboxylic acids is 1. The van der Waals surface area contributed by atoms with E-state index in [0.29, 0.717) is 5.92 Å². The predicted molar refractivity (Wildman–Crippen MR) is 70.2 cm³/mol. The number of hydrogen-bond acceptors (Lipinski definition) is 2. The molecule has 0 saturated heterocycles. The van der Waals surface area contributed by atoms with Gasteiger partial charge in [0.2, 0.25) is 0 Å². The van der Waals surface area contributed by atoms with E-state index in [9.17, 15) is 4.79 Å². The molecule has 0 heterocycles. The third kappa shape index (κ3) is 2.58. The summed E-state index contributed by atoms with van der Waals surface area (Å²) in [4.78, 5) is 12.1. The van der Waals surface area contributed by atoms with Gasteiger partial charge in [-0.05, 0) is 30.7 Å². The Balaban J connectivity index is 2.05. The first-order chi connectivity index (χ1) is 8.11. The van der Waals surface area contributed by atoms with Gasteiger partial charge in [-0.25, -0.2) is 0 Å². The Morgan fingerprint density at radius 3 is 2.41 bits per heavy atom. The normalized spacial score (nSPS) is 25.1. The maximum atomic E-state index is 12.1. The number of carbonyl (C=O) groups is 1. The lowest BCUT2D eigenvalue weighted by Crippen LogP contribution is -2.40. The molecule has 1 aliphatic carbocycles. The van der Waals surface area contributed by atoms with Crippen LogP contribution in [0.3, 0.4) is 0 Å². The zero-order chi connectivity index (χ0) is 12.4. The summed E-state index contributed by atoms with van der Waals surface area (Å²) < 4.78 is 0. The molecule has 0 aromatic heterocycles. The molecule has 1 fully saturated rings. The van der Waals surface area contributed by atoms with E-state index in [2.05, 4.69) is 26.0 Å². The largest absolute Gasteiger partial charge is 0.328 e. The van der Waals surface area contributed by atoms with Crippen molar-refractivity contribution >= 4 is 5.78 Å². The van der Waals surface area contributed by atoms with Crippen molar-refractivity contribution in [2.24, 2.45) is 11.7 Å². The second-order valence-electron chi connectivity index (χ2n) is 5.22. The van der Waals surface area contributed by atoms with Gasteiger partial charge < -0.3 is 5.73 Å². The number of nitrogens with two attached hydrogens (primary N) is 1.